The van der Waals surface area contributed by atoms with Crippen LogP contribution in [0.15, 0.2) is 54.6 Å². The van der Waals surface area contributed by atoms with Crippen LogP contribution < -0.4 is 10.6 Å². The molecule has 3 nitrogen and oxygen atoms in total. The van der Waals surface area contributed by atoms with Gasteiger partial charge < -0.3 is 5.73 Å². The number of anilines is 1. The molecule has 0 radical (unpaired) electrons. The van der Waals surface area contributed by atoms with Crippen molar-refractivity contribution in [2.24, 2.45) is 11.7 Å². The van der Waals surface area contributed by atoms with Crippen molar-refractivity contribution in [3.63, 3.8) is 0 Å². The number of urea groups is 1. The van der Waals surface area contributed by atoms with E-state index in [4.69, 9.17) is 5.73 Å². The number of halogens is 2. The first-order chi connectivity index (χ1) is 12.8. The molecule has 27 heavy (non-hydrogen) atoms. The monoisotopic (exact) mass is 390 g/mol. The standard InChI is InChI=1S/C21H25F2N2OP/c22-21(23,27)18-10-12-19(13-11-18)25(20(24)26)14-15-6-8-17(9-7-15)16-4-2-1-3-5-16/h1-5,10-13,15,17H,6-9,14,27H2,(H2,24,26). The average molecular weight is 390 g/mol. The van der Waals surface area contributed by atoms with E-state index in [1.807, 2.05) is 6.07 Å². The van der Waals surface area contributed by atoms with Crippen LogP contribution in [0.1, 0.15) is 42.7 Å². The number of benzene rings is 2. The minimum absolute atomic E-state index is 0.107. The molecule has 1 fully saturated rings. The molecule has 1 atom stereocenters. The Morgan fingerprint density at radius 2 is 1.63 bits per heavy atom. The predicted molar refractivity (Wildman–Crippen MR) is 108 cm³/mol. The van der Waals surface area contributed by atoms with Gasteiger partial charge in [-0.3, -0.25) is 4.90 Å². The summed E-state index contributed by atoms with van der Waals surface area (Å²) in [7, 11) is 1.52. The van der Waals surface area contributed by atoms with Crippen molar-refractivity contribution < 1.29 is 13.6 Å². The van der Waals surface area contributed by atoms with Crippen molar-refractivity contribution in [1.29, 1.82) is 0 Å². The molecule has 1 aliphatic carbocycles. The summed E-state index contributed by atoms with van der Waals surface area (Å²) >= 11 is 0. The van der Waals surface area contributed by atoms with Crippen LogP contribution in [-0.4, -0.2) is 12.6 Å². The Bertz CT molecular complexity index is 754. The number of alkyl halides is 2. The van der Waals surface area contributed by atoms with Gasteiger partial charge in [-0.1, -0.05) is 51.7 Å². The lowest BCUT2D eigenvalue weighted by atomic mass is 9.78. The second kappa shape index (κ2) is 8.35. The highest BCUT2D eigenvalue weighted by Gasteiger charge is 2.27. The highest BCUT2D eigenvalue weighted by atomic mass is 31.0. The number of carbonyl (C=O) groups is 1. The van der Waals surface area contributed by atoms with Crippen molar-refractivity contribution >= 4 is 21.0 Å². The van der Waals surface area contributed by atoms with E-state index in [0.717, 1.165) is 25.7 Å². The number of primary amides is 1. The minimum Gasteiger partial charge on any atom is -0.351 e. The number of nitrogens with zero attached hydrogens (tertiary/aromatic N) is 1. The number of rotatable bonds is 5. The largest absolute Gasteiger partial charge is 0.351 e. The van der Waals surface area contributed by atoms with Crippen molar-refractivity contribution in [3.05, 3.63) is 65.7 Å². The highest BCUT2D eigenvalue weighted by molar-refractivity contribution is 7.17. The van der Waals surface area contributed by atoms with E-state index in [9.17, 15) is 13.6 Å². The first kappa shape index (κ1) is 19.8. The van der Waals surface area contributed by atoms with Gasteiger partial charge in [-0.25, -0.2) is 4.79 Å². The van der Waals surface area contributed by atoms with Crippen LogP contribution in [0, 0.1) is 5.92 Å². The Hall–Kier alpha value is -2.00. The lowest BCUT2D eigenvalue weighted by Crippen LogP contribution is -2.40. The summed E-state index contributed by atoms with van der Waals surface area (Å²) in [5.74, 6) is 0.924. The third-order valence-corrected chi connectivity index (χ3v) is 5.72. The van der Waals surface area contributed by atoms with Crippen molar-refractivity contribution in [2.45, 2.75) is 37.3 Å². The number of hydrogen-bond donors (Lipinski definition) is 1. The van der Waals surface area contributed by atoms with E-state index in [1.165, 1.54) is 44.0 Å². The Morgan fingerprint density at radius 1 is 1.04 bits per heavy atom. The Morgan fingerprint density at radius 3 is 2.15 bits per heavy atom. The molecule has 2 aromatic carbocycles. The summed E-state index contributed by atoms with van der Waals surface area (Å²) in [4.78, 5) is 13.4. The molecule has 0 aromatic heterocycles. The first-order valence-electron chi connectivity index (χ1n) is 9.23. The van der Waals surface area contributed by atoms with Crippen LogP contribution in [0.25, 0.3) is 0 Å². The Labute approximate surface area is 161 Å². The maximum absolute atomic E-state index is 13.4. The number of nitrogens with two attached hydrogens (primary N) is 1. The molecule has 0 aliphatic heterocycles. The fourth-order valence-corrected chi connectivity index (χ4v) is 4.04. The van der Waals surface area contributed by atoms with Gasteiger partial charge >= 0.3 is 6.03 Å². The maximum Gasteiger partial charge on any atom is 0.319 e. The van der Waals surface area contributed by atoms with Gasteiger partial charge in [0.25, 0.3) is 5.66 Å². The van der Waals surface area contributed by atoms with Crippen molar-refractivity contribution in [3.8, 4) is 0 Å². The molecule has 0 bridgehead atoms. The van der Waals surface area contributed by atoms with E-state index >= 15 is 0 Å². The van der Waals surface area contributed by atoms with Gasteiger partial charge in [-0.2, -0.15) is 8.78 Å². The van der Waals surface area contributed by atoms with Gasteiger partial charge in [0.15, 0.2) is 0 Å². The molecule has 3 rings (SSSR count). The average Bonchev–Trinajstić information content (AvgIpc) is 2.66. The van der Waals surface area contributed by atoms with Gasteiger partial charge in [0.1, 0.15) is 0 Å². The molecule has 2 N–H and O–H groups in total. The quantitative estimate of drug-likeness (QED) is 0.676. The van der Waals surface area contributed by atoms with Gasteiger partial charge in [0.05, 0.1) is 0 Å². The van der Waals surface area contributed by atoms with E-state index < -0.39 is 11.7 Å². The second-order valence-corrected chi connectivity index (χ2v) is 7.97. The number of carbonyl (C=O) groups excluding carboxylic acids is 1. The summed E-state index contributed by atoms with van der Waals surface area (Å²) in [5.41, 5.74) is 4.41. The predicted octanol–water partition coefficient (Wildman–Crippen LogP) is 5.47. The highest BCUT2D eigenvalue weighted by Crippen LogP contribution is 2.37. The Balaban J connectivity index is 1.63. The summed E-state index contributed by atoms with van der Waals surface area (Å²) in [6, 6.07) is 15.7. The summed E-state index contributed by atoms with van der Waals surface area (Å²) in [6.45, 7) is 0.521. The zero-order chi connectivity index (χ0) is 19.4. The molecule has 0 saturated heterocycles. The summed E-state index contributed by atoms with van der Waals surface area (Å²) in [6.07, 6.45) is 4.20. The zero-order valence-electron chi connectivity index (χ0n) is 15.2. The van der Waals surface area contributed by atoms with Gasteiger partial charge in [0, 0.05) is 17.8 Å². The SMILES string of the molecule is NC(=O)N(CC1CCC(c2ccccc2)CC1)c1ccc(C(F)(F)P)cc1. The third kappa shape index (κ3) is 5.04. The topological polar surface area (TPSA) is 46.3 Å². The third-order valence-electron chi connectivity index (χ3n) is 5.39. The van der Waals surface area contributed by atoms with E-state index in [-0.39, 0.29) is 5.56 Å². The Kier molecular flexibility index (Phi) is 6.11. The van der Waals surface area contributed by atoms with E-state index in [0.29, 0.717) is 24.1 Å². The second-order valence-electron chi connectivity index (χ2n) is 7.25. The molecule has 1 aliphatic rings. The fraction of sp³-hybridized carbons (Fsp3) is 0.381. The molecule has 1 saturated carbocycles. The minimum atomic E-state index is -2.98. The van der Waals surface area contributed by atoms with Gasteiger partial charge in [-0.05, 0) is 55.2 Å². The molecule has 0 heterocycles. The summed E-state index contributed by atoms with van der Waals surface area (Å²) in [5, 5.41) is 0. The van der Waals surface area contributed by atoms with Crippen LogP contribution in [0.2, 0.25) is 0 Å². The molecule has 144 valence electrons. The molecular weight excluding hydrogens is 365 g/mol. The molecule has 2 amide bonds. The molecule has 6 heteroatoms. The molecule has 2 aromatic rings. The van der Waals surface area contributed by atoms with Crippen LogP contribution in [0.5, 0.6) is 0 Å². The normalized spacial score (nSPS) is 20.3. The van der Waals surface area contributed by atoms with Crippen LogP contribution >= 0.6 is 9.24 Å². The lowest BCUT2D eigenvalue weighted by Gasteiger charge is -2.32. The summed E-state index contributed by atoms with van der Waals surface area (Å²) < 4.78 is 26.7. The smallest absolute Gasteiger partial charge is 0.319 e. The molecule has 0 spiro atoms. The fourth-order valence-electron chi connectivity index (χ4n) is 3.85. The maximum atomic E-state index is 13.4. The van der Waals surface area contributed by atoms with Crippen LogP contribution in [0.3, 0.4) is 0 Å². The van der Waals surface area contributed by atoms with Crippen LogP contribution in [0.4, 0.5) is 19.3 Å². The van der Waals surface area contributed by atoms with Gasteiger partial charge in [0.2, 0.25) is 0 Å². The first-order valence-corrected chi connectivity index (χ1v) is 9.81. The van der Waals surface area contributed by atoms with Crippen LogP contribution in [-0.2, 0) is 5.66 Å². The van der Waals surface area contributed by atoms with Gasteiger partial charge in [-0.15, -0.1) is 0 Å². The molecule has 1 unspecified atom stereocenters. The van der Waals surface area contributed by atoms with Crippen molar-refractivity contribution in [2.75, 3.05) is 11.4 Å². The molecular formula is C21H25F2N2OP. The zero-order valence-corrected chi connectivity index (χ0v) is 16.3. The lowest BCUT2D eigenvalue weighted by molar-refractivity contribution is 0.104. The number of amides is 2. The number of hydrogen-bond acceptors (Lipinski definition) is 1. The van der Waals surface area contributed by atoms with E-state index in [2.05, 4.69) is 24.3 Å². The van der Waals surface area contributed by atoms with Crippen molar-refractivity contribution in [1.82, 2.24) is 0 Å². The van der Waals surface area contributed by atoms with E-state index in [1.54, 1.807) is 0 Å².